The highest BCUT2D eigenvalue weighted by atomic mass is 32.2. The van der Waals surface area contributed by atoms with Gasteiger partial charge in [0, 0.05) is 12.2 Å². The van der Waals surface area contributed by atoms with Crippen LogP contribution in [0.3, 0.4) is 0 Å². The summed E-state index contributed by atoms with van der Waals surface area (Å²) < 4.78 is 8.14. The van der Waals surface area contributed by atoms with Crippen molar-refractivity contribution >= 4 is 23.4 Å². The lowest BCUT2D eigenvalue weighted by molar-refractivity contribution is -0.113. The third-order valence-electron chi connectivity index (χ3n) is 4.73. The summed E-state index contributed by atoms with van der Waals surface area (Å²) in [4.78, 5) is 12.3. The topological polar surface area (TPSA) is 69.0 Å². The number of nitrogens with zero attached hydrogens (tertiary/aromatic N) is 3. The van der Waals surface area contributed by atoms with Crippen LogP contribution >= 0.6 is 11.8 Å². The SMILES string of the molecule is CCn1c(SCC(=O)Nc2ccc(C)cc2)nnc1C(C)Oc1ccc(C)cc1C. The molecule has 0 aliphatic carbocycles. The van der Waals surface area contributed by atoms with Crippen molar-refractivity contribution in [1.29, 1.82) is 0 Å². The lowest BCUT2D eigenvalue weighted by Gasteiger charge is -2.17. The van der Waals surface area contributed by atoms with Gasteiger partial charge >= 0.3 is 0 Å². The van der Waals surface area contributed by atoms with Crippen LogP contribution in [0.4, 0.5) is 5.69 Å². The highest BCUT2D eigenvalue weighted by molar-refractivity contribution is 7.99. The summed E-state index contributed by atoms with van der Waals surface area (Å²) >= 11 is 1.37. The van der Waals surface area contributed by atoms with Crippen LogP contribution in [-0.2, 0) is 11.3 Å². The number of amides is 1. The van der Waals surface area contributed by atoms with Crippen molar-refractivity contribution in [2.75, 3.05) is 11.1 Å². The summed E-state index contributed by atoms with van der Waals surface area (Å²) in [5, 5.41) is 12.2. The maximum atomic E-state index is 12.3. The van der Waals surface area contributed by atoms with E-state index >= 15 is 0 Å². The van der Waals surface area contributed by atoms with Gasteiger partial charge in [0.2, 0.25) is 5.91 Å². The van der Waals surface area contributed by atoms with E-state index in [0.29, 0.717) is 11.7 Å². The summed E-state index contributed by atoms with van der Waals surface area (Å²) in [6, 6.07) is 13.9. The molecule has 30 heavy (non-hydrogen) atoms. The third kappa shape index (κ3) is 5.42. The fourth-order valence-corrected chi connectivity index (χ4v) is 3.95. The van der Waals surface area contributed by atoms with Crippen LogP contribution in [0.2, 0.25) is 0 Å². The zero-order chi connectivity index (χ0) is 21.7. The molecule has 1 amide bonds. The fourth-order valence-electron chi connectivity index (χ4n) is 3.14. The largest absolute Gasteiger partial charge is 0.482 e. The van der Waals surface area contributed by atoms with Crippen LogP contribution in [0, 0.1) is 20.8 Å². The van der Waals surface area contributed by atoms with Crippen LogP contribution in [0.1, 0.15) is 42.5 Å². The van der Waals surface area contributed by atoms with Crippen LogP contribution in [0.15, 0.2) is 47.6 Å². The van der Waals surface area contributed by atoms with Gasteiger partial charge in [0.25, 0.3) is 0 Å². The smallest absolute Gasteiger partial charge is 0.234 e. The minimum atomic E-state index is -0.255. The predicted octanol–water partition coefficient (Wildman–Crippen LogP) is 5.09. The Morgan fingerprint density at radius 1 is 1.10 bits per heavy atom. The van der Waals surface area contributed by atoms with Crippen molar-refractivity contribution in [3.05, 3.63) is 65.0 Å². The van der Waals surface area contributed by atoms with E-state index in [4.69, 9.17) is 4.74 Å². The number of aryl methyl sites for hydroxylation is 3. The summed E-state index contributed by atoms with van der Waals surface area (Å²) in [6.07, 6.45) is -0.255. The first kappa shape index (κ1) is 21.9. The number of nitrogens with one attached hydrogen (secondary N) is 1. The van der Waals surface area contributed by atoms with Gasteiger partial charge in [0.15, 0.2) is 17.1 Å². The number of ether oxygens (including phenoxy) is 1. The second-order valence-corrected chi connectivity index (χ2v) is 8.26. The van der Waals surface area contributed by atoms with Gasteiger partial charge in [-0.05, 0) is 58.4 Å². The number of hydrogen-bond acceptors (Lipinski definition) is 5. The summed E-state index contributed by atoms with van der Waals surface area (Å²) in [7, 11) is 0. The van der Waals surface area contributed by atoms with Crippen molar-refractivity contribution in [3.63, 3.8) is 0 Å². The van der Waals surface area contributed by atoms with E-state index in [1.165, 1.54) is 17.3 Å². The van der Waals surface area contributed by atoms with E-state index in [1.54, 1.807) is 0 Å². The quantitative estimate of drug-likeness (QED) is 0.510. The van der Waals surface area contributed by atoms with E-state index in [9.17, 15) is 4.79 Å². The van der Waals surface area contributed by atoms with Crippen molar-refractivity contribution in [1.82, 2.24) is 14.8 Å². The number of benzene rings is 2. The van der Waals surface area contributed by atoms with Gasteiger partial charge in [-0.3, -0.25) is 4.79 Å². The number of anilines is 1. The van der Waals surface area contributed by atoms with E-state index in [-0.39, 0.29) is 17.8 Å². The molecule has 1 aromatic heterocycles. The highest BCUT2D eigenvalue weighted by Gasteiger charge is 2.20. The minimum absolute atomic E-state index is 0.0735. The molecule has 6 nitrogen and oxygen atoms in total. The van der Waals surface area contributed by atoms with Crippen molar-refractivity contribution in [2.24, 2.45) is 0 Å². The Labute approximate surface area is 182 Å². The first-order valence-electron chi connectivity index (χ1n) is 10.0. The van der Waals surface area contributed by atoms with E-state index in [0.717, 1.165) is 28.4 Å². The Morgan fingerprint density at radius 3 is 2.47 bits per heavy atom. The number of carbonyl (C=O) groups excluding carboxylic acids is 1. The maximum Gasteiger partial charge on any atom is 0.234 e. The fraction of sp³-hybridized carbons (Fsp3) is 0.348. The maximum absolute atomic E-state index is 12.3. The second-order valence-electron chi connectivity index (χ2n) is 7.32. The monoisotopic (exact) mass is 424 g/mol. The predicted molar refractivity (Wildman–Crippen MR) is 121 cm³/mol. The molecule has 0 saturated heterocycles. The van der Waals surface area contributed by atoms with Gasteiger partial charge in [-0.2, -0.15) is 0 Å². The highest BCUT2D eigenvalue weighted by Crippen LogP contribution is 2.27. The molecule has 0 fully saturated rings. The Balaban J connectivity index is 1.64. The lowest BCUT2D eigenvalue weighted by Crippen LogP contribution is -2.15. The molecule has 0 aliphatic rings. The van der Waals surface area contributed by atoms with Gasteiger partial charge in [-0.15, -0.1) is 10.2 Å². The second kappa shape index (κ2) is 9.80. The molecule has 3 aromatic rings. The molecule has 2 aromatic carbocycles. The number of carbonyl (C=O) groups is 1. The molecule has 1 N–H and O–H groups in total. The van der Waals surface area contributed by atoms with Crippen molar-refractivity contribution < 1.29 is 9.53 Å². The summed E-state index contributed by atoms with van der Waals surface area (Å²) in [6.45, 7) is 10.8. The normalized spacial score (nSPS) is 11.9. The van der Waals surface area contributed by atoms with Gasteiger partial charge in [0.1, 0.15) is 5.75 Å². The zero-order valence-electron chi connectivity index (χ0n) is 18.1. The van der Waals surface area contributed by atoms with E-state index < -0.39 is 0 Å². The molecule has 0 saturated carbocycles. The van der Waals surface area contributed by atoms with Gasteiger partial charge in [-0.1, -0.05) is 47.2 Å². The molecule has 1 heterocycles. The minimum Gasteiger partial charge on any atom is -0.482 e. The average molecular weight is 425 g/mol. The molecule has 1 unspecified atom stereocenters. The van der Waals surface area contributed by atoms with E-state index in [2.05, 4.69) is 28.5 Å². The molecule has 0 spiro atoms. The van der Waals surface area contributed by atoms with Crippen LogP contribution in [0.25, 0.3) is 0 Å². The van der Waals surface area contributed by atoms with Crippen LogP contribution in [-0.4, -0.2) is 26.4 Å². The number of thioether (sulfide) groups is 1. The Bertz CT molecular complexity index is 1010. The number of rotatable bonds is 8. The average Bonchev–Trinajstić information content (AvgIpc) is 3.13. The molecular formula is C23H28N4O2S. The summed E-state index contributed by atoms with van der Waals surface area (Å²) in [5.41, 5.74) is 4.24. The van der Waals surface area contributed by atoms with Crippen LogP contribution in [0.5, 0.6) is 5.75 Å². The molecule has 1 atom stereocenters. The van der Waals surface area contributed by atoms with Gasteiger partial charge < -0.3 is 14.6 Å². The molecular weight excluding hydrogens is 396 g/mol. The Morgan fingerprint density at radius 2 is 1.80 bits per heavy atom. The molecule has 158 valence electrons. The molecule has 0 bridgehead atoms. The van der Waals surface area contributed by atoms with Gasteiger partial charge in [0.05, 0.1) is 5.75 Å². The molecule has 0 aliphatic heterocycles. The molecule has 7 heteroatoms. The zero-order valence-corrected chi connectivity index (χ0v) is 18.9. The first-order chi connectivity index (χ1) is 14.4. The van der Waals surface area contributed by atoms with Crippen molar-refractivity contribution in [2.45, 2.75) is 52.4 Å². The lowest BCUT2D eigenvalue weighted by atomic mass is 10.1. The molecule has 0 radical (unpaired) electrons. The Hall–Kier alpha value is -2.80. The number of aromatic nitrogens is 3. The Kier molecular flexibility index (Phi) is 7.15. The third-order valence-corrected chi connectivity index (χ3v) is 5.69. The standard InChI is InChI=1S/C23H28N4O2S/c1-6-27-22(18(5)29-20-12-9-16(3)13-17(20)4)25-26-23(27)30-14-21(28)24-19-10-7-15(2)8-11-19/h7-13,18H,6,14H2,1-5H3,(H,24,28). The first-order valence-corrected chi connectivity index (χ1v) is 11.0. The summed E-state index contributed by atoms with van der Waals surface area (Å²) in [5.74, 6) is 1.78. The van der Waals surface area contributed by atoms with Crippen LogP contribution < -0.4 is 10.1 Å². The molecule has 3 rings (SSSR count). The van der Waals surface area contributed by atoms with Gasteiger partial charge in [-0.25, -0.2) is 0 Å². The number of hydrogen-bond donors (Lipinski definition) is 1. The van der Waals surface area contributed by atoms with Crippen molar-refractivity contribution in [3.8, 4) is 5.75 Å². The van der Waals surface area contributed by atoms with E-state index in [1.807, 2.05) is 68.7 Å².